The number of Topliss-reactive ketones (excluding diaryl/α,β-unsaturated/α-hetero) is 1. The number of hydrogen-bond donors (Lipinski definition) is 1. The van der Waals surface area contributed by atoms with E-state index in [1.54, 1.807) is 19.2 Å². The first-order valence-electron chi connectivity index (χ1n) is 10.5. The number of aromatic nitrogens is 1. The van der Waals surface area contributed by atoms with Crippen LogP contribution in [-0.2, 0) is 16.6 Å². The predicted molar refractivity (Wildman–Crippen MR) is 120 cm³/mol. The molecule has 1 aromatic heterocycles. The van der Waals surface area contributed by atoms with Crippen molar-refractivity contribution in [2.75, 3.05) is 27.2 Å². The minimum Gasteiger partial charge on any atom is -0.507 e. The van der Waals surface area contributed by atoms with Crippen LogP contribution >= 0.6 is 0 Å². The van der Waals surface area contributed by atoms with Crippen LogP contribution in [0.4, 0.5) is 4.39 Å². The van der Waals surface area contributed by atoms with E-state index in [-0.39, 0.29) is 23.3 Å². The van der Waals surface area contributed by atoms with E-state index >= 15 is 0 Å². The molecular formula is C24H24FN3O5. The Morgan fingerprint density at radius 3 is 2.61 bits per heavy atom. The number of oxazole rings is 1. The average molecular weight is 453 g/mol. The third-order valence-corrected chi connectivity index (χ3v) is 5.77. The molecule has 2 heterocycles. The van der Waals surface area contributed by atoms with E-state index in [0.29, 0.717) is 24.0 Å². The summed E-state index contributed by atoms with van der Waals surface area (Å²) in [6.07, 6.45) is 0.590. The van der Waals surface area contributed by atoms with Crippen molar-refractivity contribution in [1.82, 2.24) is 14.4 Å². The van der Waals surface area contributed by atoms with E-state index in [9.17, 15) is 23.9 Å². The lowest BCUT2D eigenvalue weighted by atomic mass is 9.95. The van der Waals surface area contributed by atoms with Gasteiger partial charge in [-0.1, -0.05) is 12.1 Å². The highest BCUT2D eigenvalue weighted by molar-refractivity contribution is 6.46. The second-order valence-corrected chi connectivity index (χ2v) is 8.31. The van der Waals surface area contributed by atoms with Gasteiger partial charge in [-0.25, -0.2) is 9.18 Å². The number of likely N-dealkylation sites (tertiary alicyclic amines) is 1. The Hall–Kier alpha value is -3.72. The van der Waals surface area contributed by atoms with Crippen molar-refractivity contribution in [3.63, 3.8) is 0 Å². The topological polar surface area (TPSA) is 96.0 Å². The van der Waals surface area contributed by atoms with Crippen LogP contribution < -0.4 is 5.76 Å². The van der Waals surface area contributed by atoms with Crippen LogP contribution in [-0.4, -0.2) is 58.3 Å². The maximum atomic E-state index is 14.0. The third kappa shape index (κ3) is 4.07. The van der Waals surface area contributed by atoms with Crippen LogP contribution in [0.5, 0.6) is 0 Å². The van der Waals surface area contributed by atoms with Crippen LogP contribution in [0.25, 0.3) is 16.9 Å². The van der Waals surface area contributed by atoms with Gasteiger partial charge in [0.2, 0.25) is 0 Å². The molecule has 1 aliphatic heterocycles. The molecule has 1 saturated heterocycles. The maximum Gasteiger partial charge on any atom is 0.419 e. The number of fused-ring (bicyclic) bond motifs is 1. The molecular weight excluding hydrogens is 429 g/mol. The van der Waals surface area contributed by atoms with Crippen LogP contribution in [0, 0.1) is 5.82 Å². The molecule has 0 bridgehead atoms. The van der Waals surface area contributed by atoms with Gasteiger partial charge in [0.1, 0.15) is 11.6 Å². The number of carbonyl (C=O) groups excluding carboxylic acids is 2. The van der Waals surface area contributed by atoms with Crippen LogP contribution in [0.3, 0.4) is 0 Å². The summed E-state index contributed by atoms with van der Waals surface area (Å²) in [6, 6.07) is 9.25. The summed E-state index contributed by atoms with van der Waals surface area (Å²) in [5.41, 5.74) is 1.21. The van der Waals surface area contributed by atoms with Gasteiger partial charge in [-0.15, -0.1) is 0 Å². The predicted octanol–water partition coefficient (Wildman–Crippen LogP) is 2.64. The molecule has 8 nitrogen and oxygen atoms in total. The molecule has 2 aromatic carbocycles. The molecule has 0 radical (unpaired) electrons. The fourth-order valence-corrected chi connectivity index (χ4v) is 4.13. The fraction of sp³-hybridized carbons (Fsp3) is 0.292. The second-order valence-electron chi connectivity index (χ2n) is 8.31. The molecule has 3 aromatic rings. The number of amides is 1. The number of aliphatic hydroxyl groups excluding tert-OH is 1. The fourth-order valence-electron chi connectivity index (χ4n) is 4.13. The molecule has 1 fully saturated rings. The SMILES string of the molecule is CN(C)CCCN1C(=O)C(=O)/C(=C(/O)c2ccc3c(c2)oc(=O)n3C)[C@H]1c1cccc(F)c1. The molecule has 1 atom stereocenters. The number of halogens is 1. The number of ketones is 1. The maximum absolute atomic E-state index is 14.0. The molecule has 0 spiro atoms. The molecule has 1 amide bonds. The van der Waals surface area contributed by atoms with E-state index in [2.05, 4.69) is 0 Å². The summed E-state index contributed by atoms with van der Waals surface area (Å²) in [7, 11) is 5.35. The lowest BCUT2D eigenvalue weighted by Gasteiger charge is -2.26. The second kappa shape index (κ2) is 8.67. The molecule has 1 aliphatic rings. The van der Waals surface area contributed by atoms with Gasteiger partial charge in [-0.3, -0.25) is 14.2 Å². The van der Waals surface area contributed by atoms with Crippen molar-refractivity contribution >= 4 is 28.5 Å². The zero-order valence-electron chi connectivity index (χ0n) is 18.5. The summed E-state index contributed by atoms with van der Waals surface area (Å²) in [5, 5.41) is 11.1. The lowest BCUT2D eigenvalue weighted by molar-refractivity contribution is -0.139. The molecule has 33 heavy (non-hydrogen) atoms. The Morgan fingerprint density at radius 2 is 1.91 bits per heavy atom. The van der Waals surface area contributed by atoms with Gasteiger partial charge in [0.15, 0.2) is 5.58 Å². The van der Waals surface area contributed by atoms with Crippen molar-refractivity contribution < 1.29 is 23.5 Å². The van der Waals surface area contributed by atoms with Gasteiger partial charge in [0.05, 0.1) is 17.1 Å². The van der Waals surface area contributed by atoms with Crippen molar-refractivity contribution in [3.05, 3.63) is 75.5 Å². The minimum absolute atomic E-state index is 0.131. The van der Waals surface area contributed by atoms with Crippen molar-refractivity contribution in [2.24, 2.45) is 7.05 Å². The number of nitrogens with zero attached hydrogens (tertiary/aromatic N) is 3. The zero-order valence-corrected chi connectivity index (χ0v) is 18.5. The molecule has 0 saturated carbocycles. The van der Waals surface area contributed by atoms with Gasteiger partial charge in [-0.05, 0) is 63.0 Å². The molecule has 1 N–H and O–H groups in total. The summed E-state index contributed by atoms with van der Waals surface area (Å²) in [5.74, 6) is -3.09. The van der Waals surface area contributed by atoms with E-state index in [1.165, 1.54) is 39.8 Å². The largest absolute Gasteiger partial charge is 0.507 e. The monoisotopic (exact) mass is 453 g/mol. The highest BCUT2D eigenvalue weighted by Gasteiger charge is 2.45. The molecule has 0 unspecified atom stereocenters. The van der Waals surface area contributed by atoms with E-state index in [4.69, 9.17) is 4.42 Å². The minimum atomic E-state index is -0.943. The Morgan fingerprint density at radius 1 is 1.15 bits per heavy atom. The summed E-state index contributed by atoms with van der Waals surface area (Å²) >= 11 is 0. The lowest BCUT2D eigenvalue weighted by Crippen LogP contribution is -2.32. The summed E-state index contributed by atoms with van der Waals surface area (Å²) in [6.45, 7) is 0.940. The Bertz CT molecular complexity index is 1340. The normalized spacial score (nSPS) is 18.1. The van der Waals surface area contributed by atoms with Gasteiger partial charge in [0, 0.05) is 19.2 Å². The van der Waals surface area contributed by atoms with Gasteiger partial charge in [-0.2, -0.15) is 0 Å². The number of aliphatic hydroxyl groups is 1. The first-order valence-corrected chi connectivity index (χ1v) is 10.5. The molecule has 9 heteroatoms. The van der Waals surface area contributed by atoms with Crippen molar-refractivity contribution in [3.8, 4) is 0 Å². The van der Waals surface area contributed by atoms with Gasteiger partial charge < -0.3 is 19.3 Å². The first-order chi connectivity index (χ1) is 15.7. The smallest absolute Gasteiger partial charge is 0.419 e. The van der Waals surface area contributed by atoms with Crippen molar-refractivity contribution in [2.45, 2.75) is 12.5 Å². The average Bonchev–Trinajstić information content (AvgIpc) is 3.20. The Labute approximate surface area is 189 Å². The van der Waals surface area contributed by atoms with E-state index in [1.807, 2.05) is 19.0 Å². The first kappa shape index (κ1) is 22.5. The standard InChI is InChI=1S/C24H24FN3O5/c1-26(2)10-5-11-28-20(14-6-4-7-16(25)12-14)19(22(30)23(28)31)21(29)15-8-9-17-18(13-15)33-24(32)27(17)3/h4,6-9,12-13,20,29H,5,10-11H2,1-3H3/b21-19+/t20-/m1/s1. The summed E-state index contributed by atoms with van der Waals surface area (Å²) in [4.78, 5) is 41.1. The highest BCUT2D eigenvalue weighted by Crippen LogP contribution is 2.39. The van der Waals surface area contributed by atoms with Crippen LogP contribution in [0.2, 0.25) is 0 Å². The number of aryl methyl sites for hydroxylation is 1. The molecule has 172 valence electrons. The highest BCUT2D eigenvalue weighted by atomic mass is 19.1. The van der Waals surface area contributed by atoms with Gasteiger partial charge in [0.25, 0.3) is 11.7 Å². The number of benzene rings is 2. The number of hydrogen-bond acceptors (Lipinski definition) is 6. The Balaban J connectivity index is 1.84. The van der Waals surface area contributed by atoms with E-state index < -0.39 is 35.1 Å². The Kier molecular flexibility index (Phi) is 5.90. The quantitative estimate of drug-likeness (QED) is 0.350. The number of carbonyl (C=O) groups is 2. The van der Waals surface area contributed by atoms with Crippen molar-refractivity contribution in [1.29, 1.82) is 0 Å². The van der Waals surface area contributed by atoms with Crippen LogP contribution in [0.1, 0.15) is 23.6 Å². The third-order valence-electron chi connectivity index (χ3n) is 5.77. The molecule has 0 aliphatic carbocycles. The number of rotatable bonds is 6. The van der Waals surface area contributed by atoms with Gasteiger partial charge >= 0.3 is 5.76 Å². The van der Waals surface area contributed by atoms with Crippen LogP contribution in [0.15, 0.2) is 57.2 Å². The molecule has 4 rings (SSSR count). The summed E-state index contributed by atoms with van der Waals surface area (Å²) < 4.78 is 20.5. The van der Waals surface area contributed by atoms with E-state index in [0.717, 1.165) is 0 Å². The zero-order chi connectivity index (χ0) is 23.9.